The van der Waals surface area contributed by atoms with Crippen molar-refractivity contribution in [3.8, 4) is 0 Å². The van der Waals surface area contributed by atoms with Gasteiger partial charge in [-0.25, -0.2) is 4.79 Å². The summed E-state index contributed by atoms with van der Waals surface area (Å²) in [6.07, 6.45) is 9.36. The lowest BCUT2D eigenvalue weighted by Crippen LogP contribution is -2.08. The molecule has 1 saturated carbocycles. The molecule has 94 valence electrons. The first-order valence-electron chi connectivity index (χ1n) is 6.26. The highest BCUT2D eigenvalue weighted by atomic mass is 35.5. The van der Waals surface area contributed by atoms with Crippen LogP contribution >= 0.6 is 11.6 Å². The molecule has 1 fully saturated rings. The van der Waals surface area contributed by atoms with E-state index in [0.717, 1.165) is 18.9 Å². The van der Waals surface area contributed by atoms with Crippen LogP contribution in [0.25, 0.3) is 0 Å². The number of aromatic carboxylic acids is 1. The number of carboxylic acid groups (broad SMARTS) is 1. The van der Waals surface area contributed by atoms with E-state index < -0.39 is 5.97 Å². The van der Waals surface area contributed by atoms with Crippen LogP contribution < -0.4 is 0 Å². The van der Waals surface area contributed by atoms with Crippen LogP contribution in [0.2, 0.25) is 5.02 Å². The molecule has 0 radical (unpaired) electrons. The van der Waals surface area contributed by atoms with E-state index in [-0.39, 0.29) is 0 Å². The topological polar surface area (TPSA) is 42.2 Å². The van der Waals surface area contributed by atoms with Crippen molar-refractivity contribution in [3.63, 3.8) is 0 Å². The van der Waals surface area contributed by atoms with E-state index in [4.69, 9.17) is 16.7 Å². The maximum Gasteiger partial charge on any atom is 0.352 e. The fourth-order valence-corrected chi connectivity index (χ4v) is 2.91. The fourth-order valence-electron chi connectivity index (χ4n) is 2.69. The predicted molar refractivity (Wildman–Crippen MR) is 67.6 cm³/mol. The minimum atomic E-state index is -0.905. The van der Waals surface area contributed by atoms with E-state index in [1.165, 1.54) is 38.2 Å². The molecule has 1 aliphatic rings. The Hall–Kier alpha value is -0.960. The maximum atomic E-state index is 11.0. The van der Waals surface area contributed by atoms with Crippen molar-refractivity contribution in [2.75, 3.05) is 0 Å². The molecule has 0 aliphatic heterocycles. The largest absolute Gasteiger partial charge is 0.477 e. The Morgan fingerprint density at radius 3 is 2.82 bits per heavy atom. The van der Waals surface area contributed by atoms with Crippen LogP contribution in [0, 0.1) is 5.92 Å². The SMILES string of the molecule is O=C(O)c1cc(Cl)cn1CCCC1CCCC1. The summed E-state index contributed by atoms with van der Waals surface area (Å²) < 4.78 is 1.75. The van der Waals surface area contributed by atoms with Crippen LogP contribution in [-0.4, -0.2) is 15.6 Å². The summed E-state index contributed by atoms with van der Waals surface area (Å²) in [5.41, 5.74) is 0.293. The van der Waals surface area contributed by atoms with Crippen LogP contribution in [-0.2, 0) is 6.54 Å². The van der Waals surface area contributed by atoms with E-state index >= 15 is 0 Å². The molecule has 0 aromatic carbocycles. The Labute approximate surface area is 106 Å². The molecule has 2 rings (SSSR count). The molecule has 1 aromatic heterocycles. The number of halogens is 1. The van der Waals surface area contributed by atoms with E-state index in [1.54, 1.807) is 10.8 Å². The molecule has 4 heteroatoms. The van der Waals surface area contributed by atoms with Crippen LogP contribution in [0.5, 0.6) is 0 Å². The van der Waals surface area contributed by atoms with Gasteiger partial charge in [-0.3, -0.25) is 0 Å². The number of aromatic nitrogens is 1. The standard InChI is InChI=1S/C13H18ClNO2/c14-11-8-12(13(16)17)15(9-11)7-3-6-10-4-1-2-5-10/h8-10H,1-7H2,(H,16,17). The lowest BCUT2D eigenvalue weighted by molar-refractivity contribution is 0.0685. The van der Waals surface area contributed by atoms with Gasteiger partial charge in [0, 0.05) is 12.7 Å². The quantitative estimate of drug-likeness (QED) is 0.869. The number of aryl methyl sites for hydroxylation is 1. The van der Waals surface area contributed by atoms with Gasteiger partial charge in [0.15, 0.2) is 0 Å². The molecule has 1 heterocycles. The minimum Gasteiger partial charge on any atom is -0.477 e. The summed E-state index contributed by atoms with van der Waals surface area (Å²) in [5.74, 6) is -0.0490. The van der Waals surface area contributed by atoms with Crippen molar-refractivity contribution < 1.29 is 9.90 Å². The number of carbonyl (C=O) groups is 1. The Balaban J connectivity index is 1.87. The number of hydrogen-bond acceptors (Lipinski definition) is 1. The third-order valence-corrected chi connectivity index (χ3v) is 3.78. The molecular weight excluding hydrogens is 238 g/mol. The molecule has 0 bridgehead atoms. The van der Waals surface area contributed by atoms with Gasteiger partial charge >= 0.3 is 5.97 Å². The Bertz CT molecular complexity index is 394. The summed E-state index contributed by atoms with van der Waals surface area (Å²) in [7, 11) is 0. The molecule has 0 amide bonds. The number of hydrogen-bond donors (Lipinski definition) is 1. The Morgan fingerprint density at radius 1 is 1.47 bits per heavy atom. The van der Waals surface area contributed by atoms with Gasteiger partial charge in [0.25, 0.3) is 0 Å². The Morgan fingerprint density at radius 2 is 2.18 bits per heavy atom. The van der Waals surface area contributed by atoms with Crippen molar-refractivity contribution in [3.05, 3.63) is 23.0 Å². The summed E-state index contributed by atoms with van der Waals surface area (Å²) in [6.45, 7) is 0.755. The highest BCUT2D eigenvalue weighted by Crippen LogP contribution is 2.28. The second-order valence-electron chi connectivity index (χ2n) is 4.83. The molecule has 0 spiro atoms. The first-order valence-corrected chi connectivity index (χ1v) is 6.63. The Kier molecular flexibility index (Phi) is 4.11. The first kappa shape index (κ1) is 12.5. The number of carboxylic acids is 1. The zero-order chi connectivity index (χ0) is 12.3. The lowest BCUT2D eigenvalue weighted by Gasteiger charge is -2.10. The van der Waals surface area contributed by atoms with Crippen LogP contribution in [0.4, 0.5) is 0 Å². The second-order valence-corrected chi connectivity index (χ2v) is 5.27. The summed E-state index contributed by atoms with van der Waals surface area (Å²) >= 11 is 5.83. The van der Waals surface area contributed by atoms with Crippen LogP contribution in [0.15, 0.2) is 12.3 Å². The summed E-state index contributed by atoms with van der Waals surface area (Å²) in [6, 6.07) is 1.51. The molecule has 3 nitrogen and oxygen atoms in total. The average Bonchev–Trinajstić information content (AvgIpc) is 2.88. The predicted octanol–water partition coefficient (Wildman–Crippen LogP) is 3.81. The van der Waals surface area contributed by atoms with Gasteiger partial charge in [0.05, 0.1) is 5.02 Å². The van der Waals surface area contributed by atoms with Crippen LogP contribution in [0.3, 0.4) is 0 Å². The van der Waals surface area contributed by atoms with E-state index in [0.29, 0.717) is 10.7 Å². The highest BCUT2D eigenvalue weighted by Gasteiger charge is 2.15. The third kappa shape index (κ3) is 3.25. The smallest absolute Gasteiger partial charge is 0.352 e. The van der Waals surface area contributed by atoms with Crippen molar-refractivity contribution in [1.82, 2.24) is 4.57 Å². The van der Waals surface area contributed by atoms with Gasteiger partial charge in [-0.1, -0.05) is 37.3 Å². The number of nitrogens with zero attached hydrogens (tertiary/aromatic N) is 1. The van der Waals surface area contributed by atoms with Crippen LogP contribution in [0.1, 0.15) is 49.0 Å². The maximum absolute atomic E-state index is 11.0. The van der Waals surface area contributed by atoms with Gasteiger partial charge in [-0.05, 0) is 24.8 Å². The number of rotatable bonds is 5. The van der Waals surface area contributed by atoms with Gasteiger partial charge in [0.2, 0.25) is 0 Å². The van der Waals surface area contributed by atoms with E-state index in [9.17, 15) is 4.79 Å². The monoisotopic (exact) mass is 255 g/mol. The van der Waals surface area contributed by atoms with Gasteiger partial charge in [-0.2, -0.15) is 0 Å². The van der Waals surface area contributed by atoms with E-state index in [2.05, 4.69) is 0 Å². The minimum absolute atomic E-state index is 0.293. The molecule has 0 saturated heterocycles. The zero-order valence-electron chi connectivity index (χ0n) is 9.86. The zero-order valence-corrected chi connectivity index (χ0v) is 10.6. The van der Waals surface area contributed by atoms with Crippen molar-refractivity contribution in [2.45, 2.75) is 45.1 Å². The van der Waals surface area contributed by atoms with E-state index in [1.807, 2.05) is 0 Å². The van der Waals surface area contributed by atoms with Crippen molar-refractivity contribution >= 4 is 17.6 Å². The molecule has 17 heavy (non-hydrogen) atoms. The van der Waals surface area contributed by atoms with Gasteiger partial charge in [0.1, 0.15) is 5.69 Å². The molecule has 1 aliphatic carbocycles. The van der Waals surface area contributed by atoms with Crippen molar-refractivity contribution in [2.24, 2.45) is 5.92 Å². The highest BCUT2D eigenvalue weighted by molar-refractivity contribution is 6.30. The summed E-state index contributed by atoms with van der Waals surface area (Å²) in [4.78, 5) is 11.0. The molecular formula is C13H18ClNO2. The normalized spacial score (nSPS) is 16.5. The lowest BCUT2D eigenvalue weighted by atomic mass is 10.0. The van der Waals surface area contributed by atoms with Gasteiger partial charge in [-0.15, -0.1) is 0 Å². The van der Waals surface area contributed by atoms with Crippen molar-refractivity contribution in [1.29, 1.82) is 0 Å². The van der Waals surface area contributed by atoms with Gasteiger partial charge < -0.3 is 9.67 Å². The first-order chi connectivity index (χ1) is 8.16. The molecule has 0 unspecified atom stereocenters. The molecule has 1 aromatic rings. The molecule has 0 atom stereocenters. The summed E-state index contributed by atoms with van der Waals surface area (Å²) in [5, 5.41) is 9.51. The average molecular weight is 256 g/mol. The molecule has 1 N–H and O–H groups in total. The fraction of sp³-hybridized carbons (Fsp3) is 0.615. The second kappa shape index (κ2) is 5.58. The third-order valence-electron chi connectivity index (χ3n) is 3.57.